The van der Waals surface area contributed by atoms with E-state index >= 15 is 0 Å². The zero-order valence-electron chi connectivity index (χ0n) is 13.6. The summed E-state index contributed by atoms with van der Waals surface area (Å²) in [6.45, 7) is 2.58. The van der Waals surface area contributed by atoms with Gasteiger partial charge in [0, 0.05) is 31.8 Å². The van der Waals surface area contributed by atoms with Gasteiger partial charge < -0.3 is 9.42 Å². The molecule has 0 saturated carbocycles. The third-order valence-corrected chi connectivity index (χ3v) is 4.52. The predicted molar refractivity (Wildman–Crippen MR) is 91.1 cm³/mol. The van der Waals surface area contributed by atoms with Crippen LogP contribution in [-0.4, -0.2) is 39.5 Å². The summed E-state index contributed by atoms with van der Waals surface area (Å²) < 4.78 is 4.68. The molecule has 7 heteroatoms. The van der Waals surface area contributed by atoms with Crippen molar-refractivity contribution in [3.05, 3.63) is 63.7 Å². The quantitative estimate of drug-likeness (QED) is 0.689. The van der Waals surface area contributed by atoms with Gasteiger partial charge in [0.15, 0.2) is 5.82 Å². The van der Waals surface area contributed by atoms with Crippen LogP contribution in [0.5, 0.6) is 0 Å². The average molecular weight is 342 g/mol. The SMILES string of the molecule is Cc1ccc(Cc2nc(C(=O)N(C)CCc3ncon3)cs2)cc1. The Morgan fingerprint density at radius 3 is 2.79 bits per heavy atom. The highest BCUT2D eigenvalue weighted by Gasteiger charge is 2.16. The molecule has 0 saturated heterocycles. The standard InChI is InChI=1S/C17H18N4O2S/c1-12-3-5-13(6-4-12)9-16-19-14(10-24-16)17(22)21(2)8-7-15-18-11-23-20-15/h3-6,10-11H,7-9H2,1-2H3. The van der Waals surface area contributed by atoms with Crippen molar-refractivity contribution >= 4 is 17.2 Å². The lowest BCUT2D eigenvalue weighted by Gasteiger charge is -2.14. The van der Waals surface area contributed by atoms with E-state index in [1.807, 2.05) is 5.38 Å². The number of likely N-dealkylation sites (N-methyl/N-ethyl adjacent to an activating group) is 1. The highest BCUT2D eigenvalue weighted by Crippen LogP contribution is 2.16. The van der Waals surface area contributed by atoms with Gasteiger partial charge in [-0.3, -0.25) is 4.79 Å². The summed E-state index contributed by atoms with van der Waals surface area (Å²) in [4.78, 5) is 22.5. The number of hydrogen-bond donors (Lipinski definition) is 0. The molecule has 0 atom stereocenters. The van der Waals surface area contributed by atoms with Gasteiger partial charge in [0.25, 0.3) is 5.91 Å². The number of hydrogen-bond acceptors (Lipinski definition) is 6. The Hall–Kier alpha value is -2.54. The van der Waals surface area contributed by atoms with Crippen LogP contribution in [0.3, 0.4) is 0 Å². The van der Waals surface area contributed by atoms with Crippen molar-refractivity contribution in [2.45, 2.75) is 19.8 Å². The van der Waals surface area contributed by atoms with E-state index in [-0.39, 0.29) is 5.91 Å². The minimum Gasteiger partial charge on any atom is -0.343 e. The van der Waals surface area contributed by atoms with Crippen molar-refractivity contribution < 1.29 is 9.32 Å². The molecule has 0 unspecified atom stereocenters. The van der Waals surface area contributed by atoms with Crippen LogP contribution in [0.15, 0.2) is 40.6 Å². The summed E-state index contributed by atoms with van der Waals surface area (Å²) in [6.07, 6.45) is 2.58. The Kier molecular flexibility index (Phi) is 5.00. The Morgan fingerprint density at radius 2 is 2.08 bits per heavy atom. The number of aromatic nitrogens is 3. The van der Waals surface area contributed by atoms with E-state index in [2.05, 4.69) is 50.8 Å². The van der Waals surface area contributed by atoms with Crippen LogP contribution in [0.25, 0.3) is 0 Å². The predicted octanol–water partition coefficient (Wildman–Crippen LogP) is 2.74. The molecule has 6 nitrogen and oxygen atoms in total. The summed E-state index contributed by atoms with van der Waals surface area (Å²) in [6, 6.07) is 8.35. The van der Waals surface area contributed by atoms with E-state index in [0.717, 1.165) is 11.4 Å². The summed E-state index contributed by atoms with van der Waals surface area (Å²) >= 11 is 1.51. The van der Waals surface area contributed by atoms with Crippen molar-refractivity contribution in [3.8, 4) is 0 Å². The van der Waals surface area contributed by atoms with E-state index in [9.17, 15) is 4.79 Å². The first-order valence-electron chi connectivity index (χ1n) is 7.62. The summed E-state index contributed by atoms with van der Waals surface area (Å²) in [5, 5.41) is 6.49. The summed E-state index contributed by atoms with van der Waals surface area (Å²) in [5.74, 6) is 0.498. The molecular weight excluding hydrogens is 324 g/mol. The van der Waals surface area contributed by atoms with Crippen molar-refractivity contribution in [1.82, 2.24) is 20.0 Å². The molecule has 0 N–H and O–H groups in total. The second-order valence-electron chi connectivity index (χ2n) is 5.61. The fourth-order valence-electron chi connectivity index (χ4n) is 2.24. The van der Waals surface area contributed by atoms with Crippen molar-refractivity contribution in [2.24, 2.45) is 0 Å². The Morgan fingerprint density at radius 1 is 1.29 bits per heavy atom. The summed E-state index contributed by atoms with van der Waals surface area (Å²) in [7, 11) is 1.75. The topological polar surface area (TPSA) is 72.1 Å². The van der Waals surface area contributed by atoms with Crippen LogP contribution < -0.4 is 0 Å². The van der Waals surface area contributed by atoms with E-state index in [1.165, 1.54) is 28.9 Å². The van der Waals surface area contributed by atoms with E-state index < -0.39 is 0 Å². The molecule has 124 valence electrons. The molecule has 0 spiro atoms. The van der Waals surface area contributed by atoms with Crippen LogP contribution in [0, 0.1) is 6.92 Å². The van der Waals surface area contributed by atoms with Crippen LogP contribution in [0.4, 0.5) is 0 Å². The Labute approximate surface area is 144 Å². The molecule has 1 amide bonds. The molecule has 24 heavy (non-hydrogen) atoms. The zero-order chi connectivity index (χ0) is 16.9. The number of benzene rings is 1. The first-order valence-corrected chi connectivity index (χ1v) is 8.50. The smallest absolute Gasteiger partial charge is 0.273 e. The van der Waals surface area contributed by atoms with Gasteiger partial charge in [-0.15, -0.1) is 11.3 Å². The highest BCUT2D eigenvalue weighted by atomic mass is 32.1. The maximum absolute atomic E-state index is 12.4. The van der Waals surface area contributed by atoms with Gasteiger partial charge in [-0.25, -0.2) is 4.98 Å². The number of nitrogens with zero attached hydrogens (tertiary/aromatic N) is 4. The molecule has 2 aromatic heterocycles. The summed E-state index contributed by atoms with van der Waals surface area (Å²) in [5.41, 5.74) is 2.91. The fourth-order valence-corrected chi connectivity index (χ4v) is 3.04. The average Bonchev–Trinajstić information content (AvgIpc) is 3.26. The van der Waals surface area contributed by atoms with Crippen LogP contribution in [0.1, 0.15) is 32.4 Å². The minimum absolute atomic E-state index is 0.0927. The largest absolute Gasteiger partial charge is 0.343 e. The zero-order valence-corrected chi connectivity index (χ0v) is 14.4. The Bertz CT molecular complexity index is 796. The Balaban J connectivity index is 1.59. The number of thiazole rings is 1. The van der Waals surface area contributed by atoms with Crippen LogP contribution in [0.2, 0.25) is 0 Å². The van der Waals surface area contributed by atoms with Crippen LogP contribution in [-0.2, 0) is 12.8 Å². The number of amides is 1. The van der Waals surface area contributed by atoms with Gasteiger partial charge in [-0.1, -0.05) is 35.0 Å². The van der Waals surface area contributed by atoms with Crippen molar-refractivity contribution in [2.75, 3.05) is 13.6 Å². The van der Waals surface area contributed by atoms with Gasteiger partial charge >= 0.3 is 0 Å². The lowest BCUT2D eigenvalue weighted by Crippen LogP contribution is -2.29. The van der Waals surface area contributed by atoms with E-state index in [0.29, 0.717) is 24.5 Å². The molecule has 0 aliphatic carbocycles. The second kappa shape index (κ2) is 7.35. The molecule has 3 aromatic rings. The van der Waals surface area contributed by atoms with Gasteiger partial charge in [0.2, 0.25) is 6.39 Å². The normalized spacial score (nSPS) is 10.8. The first kappa shape index (κ1) is 16.3. The van der Waals surface area contributed by atoms with E-state index in [4.69, 9.17) is 0 Å². The molecule has 3 rings (SSSR count). The molecule has 2 heterocycles. The maximum Gasteiger partial charge on any atom is 0.273 e. The number of carbonyl (C=O) groups excluding carboxylic acids is 1. The minimum atomic E-state index is -0.0927. The fraction of sp³-hybridized carbons (Fsp3) is 0.294. The van der Waals surface area contributed by atoms with Crippen molar-refractivity contribution in [1.29, 1.82) is 0 Å². The molecule has 0 aliphatic heterocycles. The number of rotatable bonds is 6. The second-order valence-corrected chi connectivity index (χ2v) is 6.56. The number of carbonyl (C=O) groups is 1. The monoisotopic (exact) mass is 342 g/mol. The number of aryl methyl sites for hydroxylation is 1. The lowest BCUT2D eigenvalue weighted by molar-refractivity contribution is 0.0790. The molecule has 0 aliphatic rings. The maximum atomic E-state index is 12.4. The third-order valence-electron chi connectivity index (χ3n) is 3.67. The molecule has 0 bridgehead atoms. The highest BCUT2D eigenvalue weighted by molar-refractivity contribution is 7.09. The van der Waals surface area contributed by atoms with E-state index in [1.54, 1.807) is 11.9 Å². The molecular formula is C17H18N4O2S. The molecule has 1 aromatic carbocycles. The lowest BCUT2D eigenvalue weighted by atomic mass is 10.1. The molecule has 0 fully saturated rings. The third kappa shape index (κ3) is 4.05. The van der Waals surface area contributed by atoms with Gasteiger partial charge in [0.1, 0.15) is 5.69 Å². The van der Waals surface area contributed by atoms with Gasteiger partial charge in [-0.2, -0.15) is 4.98 Å². The van der Waals surface area contributed by atoms with Crippen molar-refractivity contribution in [3.63, 3.8) is 0 Å². The first-order chi connectivity index (χ1) is 11.6. The van der Waals surface area contributed by atoms with Crippen LogP contribution >= 0.6 is 11.3 Å². The van der Waals surface area contributed by atoms with Gasteiger partial charge in [0.05, 0.1) is 5.01 Å². The molecule has 0 radical (unpaired) electrons. The van der Waals surface area contributed by atoms with Gasteiger partial charge in [-0.05, 0) is 12.5 Å².